The van der Waals surface area contributed by atoms with Crippen LogP contribution in [0.3, 0.4) is 0 Å². The van der Waals surface area contributed by atoms with Crippen LogP contribution in [0.25, 0.3) is 21.7 Å². The largest absolute Gasteiger partial charge is 0.487 e. The van der Waals surface area contributed by atoms with Crippen molar-refractivity contribution in [1.29, 1.82) is 0 Å². The zero-order chi connectivity index (χ0) is 24.4. The van der Waals surface area contributed by atoms with Crippen LogP contribution in [-0.2, 0) is 6.61 Å². The zero-order valence-electron chi connectivity index (χ0n) is 18.1. The number of carbonyl (C=O) groups excluding carboxylic acids is 1. The second-order valence-electron chi connectivity index (χ2n) is 7.78. The Labute approximate surface area is 233 Å². The maximum absolute atomic E-state index is 12.4. The fourth-order valence-corrected chi connectivity index (χ4v) is 5.93. The molecule has 0 aliphatic heterocycles. The molecule has 1 aromatic heterocycles. The number of nitrogens with zero attached hydrogens (tertiary/aromatic N) is 1. The van der Waals surface area contributed by atoms with E-state index in [-0.39, 0.29) is 5.76 Å². The third-order valence-corrected chi connectivity index (χ3v) is 7.14. The van der Waals surface area contributed by atoms with Gasteiger partial charge in [-0.15, -0.1) is 0 Å². The molecular weight excluding hydrogens is 690 g/mol. The number of furan rings is 1. The minimum absolute atomic E-state index is 0.168. The highest BCUT2D eigenvalue weighted by molar-refractivity contribution is 14.1. The van der Waals surface area contributed by atoms with Gasteiger partial charge in [-0.1, -0.05) is 48.0 Å². The summed E-state index contributed by atoms with van der Waals surface area (Å²) in [6.07, 6.45) is 1.59. The number of halogens is 3. The van der Waals surface area contributed by atoms with Crippen molar-refractivity contribution < 1.29 is 13.9 Å². The maximum atomic E-state index is 12.4. The molecule has 5 nitrogen and oxygen atoms in total. The monoisotopic (exact) mass is 706 g/mol. The number of hydrogen-bond acceptors (Lipinski definition) is 4. The van der Waals surface area contributed by atoms with Gasteiger partial charge in [-0.3, -0.25) is 4.79 Å². The predicted molar refractivity (Wildman–Crippen MR) is 156 cm³/mol. The van der Waals surface area contributed by atoms with E-state index >= 15 is 0 Å². The molecule has 0 spiro atoms. The lowest BCUT2D eigenvalue weighted by Crippen LogP contribution is -2.16. The summed E-state index contributed by atoms with van der Waals surface area (Å²) in [5, 5.41) is 7.82. The summed E-state index contributed by atoms with van der Waals surface area (Å²) in [6.45, 7) is 0.475. The molecule has 1 heterocycles. The molecule has 174 valence electrons. The lowest BCUT2D eigenvalue weighted by atomic mass is 10.1. The van der Waals surface area contributed by atoms with E-state index in [4.69, 9.17) is 20.8 Å². The van der Waals surface area contributed by atoms with Gasteiger partial charge in [0.15, 0.2) is 5.76 Å². The number of hydrogen-bond donors (Lipinski definition) is 1. The van der Waals surface area contributed by atoms with Gasteiger partial charge in [-0.05, 0) is 110 Å². The highest BCUT2D eigenvalue weighted by Crippen LogP contribution is 2.30. The molecule has 0 saturated heterocycles. The molecule has 0 radical (unpaired) electrons. The molecule has 0 bridgehead atoms. The zero-order valence-corrected chi connectivity index (χ0v) is 23.2. The average Bonchev–Trinajstić information content (AvgIpc) is 3.27. The van der Waals surface area contributed by atoms with Crippen molar-refractivity contribution in [2.24, 2.45) is 5.10 Å². The van der Waals surface area contributed by atoms with Gasteiger partial charge in [0.2, 0.25) is 0 Å². The SMILES string of the molecule is O=C(N/N=C/c1cc(I)c(OCc2ccc3ccccc3c2)c(I)c1)c1cc2cc(Cl)ccc2o1. The van der Waals surface area contributed by atoms with Crippen LogP contribution in [0.2, 0.25) is 5.02 Å². The number of rotatable bonds is 6. The fourth-order valence-electron chi connectivity index (χ4n) is 3.62. The number of benzene rings is 4. The summed E-state index contributed by atoms with van der Waals surface area (Å²) in [6, 6.07) is 25.3. The van der Waals surface area contributed by atoms with Crippen molar-refractivity contribution >= 4 is 90.6 Å². The van der Waals surface area contributed by atoms with Gasteiger partial charge in [0.25, 0.3) is 0 Å². The predicted octanol–water partition coefficient (Wildman–Crippen LogP) is 7.79. The molecule has 1 amide bonds. The van der Waals surface area contributed by atoms with Crippen LogP contribution >= 0.6 is 56.8 Å². The Morgan fingerprint density at radius 1 is 0.943 bits per heavy atom. The van der Waals surface area contributed by atoms with Crippen molar-refractivity contribution in [2.75, 3.05) is 0 Å². The molecule has 35 heavy (non-hydrogen) atoms. The van der Waals surface area contributed by atoms with E-state index in [1.165, 1.54) is 10.8 Å². The number of fused-ring (bicyclic) bond motifs is 2. The molecule has 0 aliphatic carbocycles. The van der Waals surface area contributed by atoms with Crippen LogP contribution in [0.4, 0.5) is 0 Å². The first kappa shape index (κ1) is 24.1. The van der Waals surface area contributed by atoms with E-state index in [2.05, 4.69) is 86.0 Å². The second kappa shape index (κ2) is 10.5. The summed E-state index contributed by atoms with van der Waals surface area (Å²) in [5.74, 6) is 0.552. The lowest BCUT2D eigenvalue weighted by molar-refractivity contribution is 0.0929. The molecule has 5 rings (SSSR count). The van der Waals surface area contributed by atoms with Gasteiger partial charge >= 0.3 is 5.91 Å². The third-order valence-electron chi connectivity index (χ3n) is 5.30. The van der Waals surface area contributed by atoms with E-state index < -0.39 is 5.91 Å². The van der Waals surface area contributed by atoms with Crippen LogP contribution in [-0.4, -0.2) is 12.1 Å². The molecule has 0 aliphatic rings. The number of ether oxygens (including phenoxy) is 1. The molecular formula is C27H17ClI2N2O3. The number of nitrogens with one attached hydrogen (secondary N) is 1. The minimum atomic E-state index is -0.437. The standard InChI is InChI=1S/C27H17ClI2N2O3/c28-21-7-8-24-20(12-21)13-25(35-24)27(33)32-31-14-17-10-22(29)26(23(30)11-17)34-15-16-5-6-18-3-1-2-4-19(18)9-16/h1-14H,15H2,(H,32,33)/b31-14+. The highest BCUT2D eigenvalue weighted by Gasteiger charge is 2.12. The van der Waals surface area contributed by atoms with Gasteiger partial charge in [0, 0.05) is 10.4 Å². The summed E-state index contributed by atoms with van der Waals surface area (Å²) >= 11 is 10.5. The topological polar surface area (TPSA) is 63.8 Å². The van der Waals surface area contributed by atoms with E-state index in [0.717, 1.165) is 29.4 Å². The highest BCUT2D eigenvalue weighted by atomic mass is 127. The van der Waals surface area contributed by atoms with Gasteiger partial charge < -0.3 is 9.15 Å². The Balaban J connectivity index is 1.24. The van der Waals surface area contributed by atoms with Crippen LogP contribution in [0.1, 0.15) is 21.7 Å². The first-order chi connectivity index (χ1) is 17.0. The Kier molecular flexibility index (Phi) is 7.26. The minimum Gasteiger partial charge on any atom is -0.487 e. The number of carbonyl (C=O) groups is 1. The quantitative estimate of drug-likeness (QED) is 0.111. The smallest absolute Gasteiger partial charge is 0.307 e. The van der Waals surface area contributed by atoms with E-state index in [0.29, 0.717) is 17.2 Å². The van der Waals surface area contributed by atoms with Gasteiger partial charge in [-0.2, -0.15) is 5.10 Å². The molecule has 0 fully saturated rings. The fraction of sp³-hybridized carbons (Fsp3) is 0.0370. The van der Waals surface area contributed by atoms with Crippen molar-refractivity contribution in [3.63, 3.8) is 0 Å². The number of hydrazone groups is 1. The molecule has 0 unspecified atom stereocenters. The van der Waals surface area contributed by atoms with Crippen molar-refractivity contribution in [3.05, 3.63) is 108 Å². The Hall–Kier alpha value is -2.63. The van der Waals surface area contributed by atoms with Crippen LogP contribution in [0.15, 0.2) is 88.4 Å². The molecule has 4 aromatic carbocycles. The van der Waals surface area contributed by atoms with Crippen molar-refractivity contribution in [1.82, 2.24) is 5.43 Å². The maximum Gasteiger partial charge on any atom is 0.307 e. The molecule has 8 heteroatoms. The molecule has 0 saturated carbocycles. The Morgan fingerprint density at radius 3 is 2.51 bits per heavy atom. The Bertz CT molecular complexity index is 1570. The first-order valence-electron chi connectivity index (χ1n) is 10.6. The molecule has 0 atom stereocenters. The average molecular weight is 707 g/mol. The van der Waals surface area contributed by atoms with Gasteiger partial charge in [0.05, 0.1) is 13.4 Å². The third kappa shape index (κ3) is 5.62. The van der Waals surface area contributed by atoms with Crippen LogP contribution in [0, 0.1) is 7.14 Å². The van der Waals surface area contributed by atoms with E-state index in [1.54, 1.807) is 30.5 Å². The molecule has 5 aromatic rings. The first-order valence-corrected chi connectivity index (χ1v) is 13.1. The molecule has 1 N–H and O–H groups in total. The van der Waals surface area contributed by atoms with E-state index in [9.17, 15) is 4.79 Å². The normalized spacial score (nSPS) is 11.4. The summed E-state index contributed by atoms with van der Waals surface area (Å²) in [4.78, 5) is 12.4. The number of amides is 1. The van der Waals surface area contributed by atoms with E-state index in [1.807, 2.05) is 24.3 Å². The lowest BCUT2D eigenvalue weighted by Gasteiger charge is -2.12. The van der Waals surface area contributed by atoms with Gasteiger partial charge in [0.1, 0.15) is 17.9 Å². The summed E-state index contributed by atoms with van der Waals surface area (Å²) in [5.41, 5.74) is 5.04. The van der Waals surface area contributed by atoms with Crippen LogP contribution < -0.4 is 10.2 Å². The second-order valence-corrected chi connectivity index (χ2v) is 10.5. The van der Waals surface area contributed by atoms with Crippen molar-refractivity contribution in [3.8, 4) is 5.75 Å². The van der Waals surface area contributed by atoms with Gasteiger partial charge in [-0.25, -0.2) is 5.43 Å². The van der Waals surface area contributed by atoms with Crippen LogP contribution in [0.5, 0.6) is 5.75 Å². The summed E-state index contributed by atoms with van der Waals surface area (Å²) in [7, 11) is 0. The van der Waals surface area contributed by atoms with Crippen molar-refractivity contribution in [2.45, 2.75) is 6.61 Å². The summed E-state index contributed by atoms with van der Waals surface area (Å²) < 4.78 is 13.6. The Morgan fingerprint density at radius 2 is 1.71 bits per heavy atom.